The molecule has 2 aromatic rings. The number of nitrogens with one attached hydrogen (secondary N) is 1. The van der Waals surface area contributed by atoms with E-state index < -0.39 is 0 Å². The summed E-state index contributed by atoms with van der Waals surface area (Å²) >= 11 is 1.47. The van der Waals surface area contributed by atoms with Gasteiger partial charge in [0.25, 0.3) is 5.91 Å². The van der Waals surface area contributed by atoms with Crippen molar-refractivity contribution in [1.29, 1.82) is 0 Å². The van der Waals surface area contributed by atoms with Crippen LogP contribution in [0.3, 0.4) is 0 Å². The minimum Gasteiger partial charge on any atom is -0.484 e. The van der Waals surface area contributed by atoms with Crippen molar-refractivity contribution in [3.63, 3.8) is 0 Å². The maximum absolute atomic E-state index is 12.4. The number of benzene rings is 1. The van der Waals surface area contributed by atoms with E-state index in [2.05, 4.69) is 19.2 Å². The third-order valence-corrected chi connectivity index (χ3v) is 6.29. The zero-order chi connectivity index (χ0) is 20.1. The average molecular weight is 402 g/mol. The Balaban J connectivity index is 1.63. The van der Waals surface area contributed by atoms with E-state index >= 15 is 0 Å². The first-order valence-corrected chi connectivity index (χ1v) is 10.7. The van der Waals surface area contributed by atoms with Gasteiger partial charge in [0.2, 0.25) is 0 Å². The summed E-state index contributed by atoms with van der Waals surface area (Å²) in [4.78, 5) is 25.9. The molecule has 1 aromatic carbocycles. The SMILES string of the molecule is CCOC(=O)c1c(NC(=O)COc2ccc(C(C)CC)cc2)sc2c1CCC2. The summed E-state index contributed by atoms with van der Waals surface area (Å²) in [5, 5.41) is 3.42. The number of carbonyl (C=O) groups is 2. The number of hydrogen-bond acceptors (Lipinski definition) is 5. The molecule has 1 N–H and O–H groups in total. The highest BCUT2D eigenvalue weighted by molar-refractivity contribution is 7.17. The van der Waals surface area contributed by atoms with Crippen LogP contribution in [0.1, 0.15) is 65.9 Å². The van der Waals surface area contributed by atoms with Crippen molar-refractivity contribution >= 4 is 28.2 Å². The van der Waals surface area contributed by atoms with Gasteiger partial charge in [-0.25, -0.2) is 4.79 Å². The molecule has 1 aliphatic carbocycles. The molecule has 0 aliphatic heterocycles. The van der Waals surface area contributed by atoms with E-state index in [4.69, 9.17) is 9.47 Å². The van der Waals surface area contributed by atoms with E-state index in [9.17, 15) is 9.59 Å². The van der Waals surface area contributed by atoms with E-state index in [1.165, 1.54) is 21.8 Å². The molecule has 1 unspecified atom stereocenters. The number of aryl methyl sites for hydroxylation is 1. The Morgan fingerprint density at radius 2 is 1.93 bits per heavy atom. The normalized spacial score (nSPS) is 13.7. The lowest BCUT2D eigenvalue weighted by Gasteiger charge is -2.11. The fourth-order valence-corrected chi connectivity index (χ4v) is 4.64. The van der Waals surface area contributed by atoms with E-state index in [0.717, 1.165) is 31.2 Å². The van der Waals surface area contributed by atoms with Crippen molar-refractivity contribution in [3.05, 3.63) is 45.8 Å². The van der Waals surface area contributed by atoms with Crippen LogP contribution in [-0.4, -0.2) is 25.1 Å². The number of esters is 1. The Morgan fingerprint density at radius 3 is 2.61 bits per heavy atom. The summed E-state index contributed by atoms with van der Waals surface area (Å²) in [6.07, 6.45) is 3.92. The number of carbonyl (C=O) groups excluding carboxylic acids is 2. The Labute approximate surface area is 170 Å². The zero-order valence-electron chi connectivity index (χ0n) is 16.7. The lowest BCUT2D eigenvalue weighted by molar-refractivity contribution is -0.118. The number of rotatable bonds is 8. The molecule has 1 aliphatic rings. The molecule has 0 spiro atoms. The fraction of sp³-hybridized carbons (Fsp3) is 0.455. The van der Waals surface area contributed by atoms with E-state index in [0.29, 0.717) is 28.8 Å². The first-order valence-electron chi connectivity index (χ1n) is 9.87. The monoisotopic (exact) mass is 401 g/mol. The first-order chi connectivity index (χ1) is 13.5. The number of amides is 1. The van der Waals surface area contributed by atoms with Crippen molar-refractivity contribution < 1.29 is 19.1 Å². The number of thiophene rings is 1. The molecule has 6 heteroatoms. The highest BCUT2D eigenvalue weighted by atomic mass is 32.1. The molecular weight excluding hydrogens is 374 g/mol. The van der Waals surface area contributed by atoms with Crippen molar-refractivity contribution in [1.82, 2.24) is 0 Å². The Kier molecular flexibility index (Phi) is 6.73. The van der Waals surface area contributed by atoms with Crippen LogP contribution in [0.5, 0.6) is 5.75 Å². The number of hydrogen-bond donors (Lipinski definition) is 1. The predicted octanol–water partition coefficient (Wildman–Crippen LogP) is 4.94. The maximum Gasteiger partial charge on any atom is 0.341 e. The van der Waals surface area contributed by atoms with Gasteiger partial charge in [-0.2, -0.15) is 0 Å². The summed E-state index contributed by atoms with van der Waals surface area (Å²) in [5.74, 6) is 0.510. The quantitative estimate of drug-likeness (QED) is 0.636. The molecule has 3 rings (SSSR count). The summed E-state index contributed by atoms with van der Waals surface area (Å²) in [6, 6.07) is 7.84. The topological polar surface area (TPSA) is 64.6 Å². The minimum atomic E-state index is -0.362. The highest BCUT2D eigenvalue weighted by Crippen LogP contribution is 2.39. The molecule has 150 valence electrons. The van der Waals surface area contributed by atoms with Crippen LogP contribution >= 0.6 is 11.3 Å². The van der Waals surface area contributed by atoms with Gasteiger partial charge < -0.3 is 14.8 Å². The van der Waals surface area contributed by atoms with Crippen molar-refractivity contribution in [2.45, 2.75) is 52.4 Å². The molecule has 0 bridgehead atoms. The maximum atomic E-state index is 12.4. The van der Waals surface area contributed by atoms with E-state index in [-0.39, 0.29) is 18.5 Å². The average Bonchev–Trinajstić information content (AvgIpc) is 3.27. The van der Waals surface area contributed by atoms with Gasteiger partial charge >= 0.3 is 5.97 Å². The molecule has 0 saturated heterocycles. The lowest BCUT2D eigenvalue weighted by atomic mass is 9.99. The highest BCUT2D eigenvalue weighted by Gasteiger charge is 2.28. The second-order valence-corrected chi connectivity index (χ2v) is 8.10. The fourth-order valence-electron chi connectivity index (χ4n) is 3.35. The smallest absolute Gasteiger partial charge is 0.341 e. The van der Waals surface area contributed by atoms with E-state index in [1.807, 2.05) is 24.3 Å². The predicted molar refractivity (Wildman–Crippen MR) is 112 cm³/mol. The van der Waals surface area contributed by atoms with Crippen LogP contribution in [0, 0.1) is 0 Å². The largest absolute Gasteiger partial charge is 0.484 e. The van der Waals surface area contributed by atoms with Gasteiger partial charge in [0, 0.05) is 4.88 Å². The molecule has 0 fully saturated rings. The number of anilines is 1. The van der Waals surface area contributed by atoms with Crippen LogP contribution < -0.4 is 10.1 Å². The second kappa shape index (κ2) is 9.24. The van der Waals surface area contributed by atoms with Gasteiger partial charge in [0.15, 0.2) is 6.61 Å². The Morgan fingerprint density at radius 1 is 1.18 bits per heavy atom. The number of fused-ring (bicyclic) bond motifs is 1. The second-order valence-electron chi connectivity index (χ2n) is 7.00. The summed E-state index contributed by atoms with van der Waals surface area (Å²) < 4.78 is 10.8. The van der Waals surface area contributed by atoms with Crippen molar-refractivity contribution in [3.8, 4) is 5.75 Å². The van der Waals surface area contributed by atoms with Crippen LogP contribution in [0.15, 0.2) is 24.3 Å². The van der Waals surface area contributed by atoms with Gasteiger partial charge in [-0.1, -0.05) is 26.0 Å². The van der Waals surface area contributed by atoms with Gasteiger partial charge in [0.05, 0.1) is 12.2 Å². The Hall–Kier alpha value is -2.34. The molecule has 5 nitrogen and oxygen atoms in total. The summed E-state index contributed by atoms with van der Waals surface area (Å²) in [7, 11) is 0. The van der Waals surface area contributed by atoms with Crippen molar-refractivity contribution in [2.24, 2.45) is 0 Å². The molecule has 1 aromatic heterocycles. The zero-order valence-corrected chi connectivity index (χ0v) is 17.5. The molecule has 0 radical (unpaired) electrons. The third kappa shape index (κ3) is 4.55. The number of ether oxygens (including phenoxy) is 2. The minimum absolute atomic E-state index is 0.104. The summed E-state index contributed by atoms with van der Waals surface area (Å²) in [5.41, 5.74) is 2.80. The standard InChI is InChI=1S/C22H27NO4S/c1-4-14(3)15-9-11-16(12-10-15)27-13-19(24)23-21-20(22(25)26-5-2)17-7-6-8-18(17)28-21/h9-12,14H,4-8,13H2,1-3H3,(H,23,24). The molecule has 1 amide bonds. The van der Waals surface area contributed by atoms with Gasteiger partial charge in [-0.05, 0) is 61.8 Å². The lowest BCUT2D eigenvalue weighted by Crippen LogP contribution is -2.21. The van der Waals surface area contributed by atoms with E-state index in [1.54, 1.807) is 6.92 Å². The van der Waals surface area contributed by atoms with Gasteiger partial charge in [-0.3, -0.25) is 4.79 Å². The van der Waals surface area contributed by atoms with Crippen LogP contribution in [0.25, 0.3) is 0 Å². The summed E-state index contributed by atoms with van der Waals surface area (Å²) in [6.45, 7) is 6.33. The van der Waals surface area contributed by atoms with Gasteiger partial charge in [-0.15, -0.1) is 11.3 Å². The molecule has 0 saturated carbocycles. The van der Waals surface area contributed by atoms with Crippen molar-refractivity contribution in [2.75, 3.05) is 18.5 Å². The van der Waals surface area contributed by atoms with Gasteiger partial charge in [0.1, 0.15) is 10.8 Å². The molecular formula is C22H27NO4S. The molecule has 1 atom stereocenters. The van der Waals surface area contributed by atoms with Crippen LogP contribution in [0.2, 0.25) is 0 Å². The van der Waals surface area contributed by atoms with Crippen LogP contribution in [0.4, 0.5) is 5.00 Å². The first kappa shape index (κ1) is 20.4. The molecule has 28 heavy (non-hydrogen) atoms. The molecule has 1 heterocycles. The van der Waals surface area contributed by atoms with Crippen LogP contribution in [-0.2, 0) is 22.4 Å². The third-order valence-electron chi connectivity index (χ3n) is 5.09. The Bertz CT molecular complexity index is 841.